The Balaban J connectivity index is -0.000000626. The summed E-state index contributed by atoms with van der Waals surface area (Å²) in [5.74, 6) is -5.47. The van der Waals surface area contributed by atoms with Crippen LogP contribution in [0.25, 0.3) is 6.08 Å². The van der Waals surface area contributed by atoms with Crippen LogP contribution in [0.4, 0.5) is 0 Å². The minimum absolute atomic E-state index is 0.0301. The minimum Gasteiger partial charge on any atom is -0.478 e. The van der Waals surface area contributed by atoms with E-state index < -0.39 is 29.8 Å². The first-order valence-corrected chi connectivity index (χ1v) is 14.9. The number of esters is 2. The molecule has 0 amide bonds. The second-order valence-electron chi connectivity index (χ2n) is 9.79. The summed E-state index contributed by atoms with van der Waals surface area (Å²) in [5, 5.41) is 25.3. The highest BCUT2D eigenvalue weighted by molar-refractivity contribution is 5.94. The van der Waals surface area contributed by atoms with Crippen molar-refractivity contribution < 1.29 is 53.6 Å². The monoisotopic (exact) mass is 658 g/mol. The van der Waals surface area contributed by atoms with Crippen molar-refractivity contribution in [1.29, 1.82) is 0 Å². The predicted octanol–water partition coefficient (Wildman–Crippen LogP) is 6.85. The van der Waals surface area contributed by atoms with Crippen molar-refractivity contribution in [2.45, 2.75) is 72.6 Å². The Labute approximate surface area is 278 Å². The number of benzene rings is 1. The molecule has 0 spiro atoms. The Morgan fingerprint density at radius 1 is 0.830 bits per heavy atom. The first-order valence-electron chi connectivity index (χ1n) is 14.9. The fourth-order valence-electron chi connectivity index (χ4n) is 2.97. The molecule has 0 saturated carbocycles. The van der Waals surface area contributed by atoms with Crippen LogP contribution in [0.1, 0.15) is 78.2 Å². The van der Waals surface area contributed by atoms with E-state index in [0.29, 0.717) is 18.6 Å². The molecule has 1 aromatic carbocycles. The molecule has 11 nitrogen and oxygen atoms in total. The Bertz CT molecular complexity index is 1210. The Kier molecular flexibility index (Phi) is 29.2. The summed E-state index contributed by atoms with van der Waals surface area (Å²) in [6, 6.07) is 10.0. The third-order valence-electron chi connectivity index (χ3n) is 5.75. The molecule has 0 bridgehead atoms. The van der Waals surface area contributed by atoms with Crippen LogP contribution >= 0.6 is 0 Å². The van der Waals surface area contributed by atoms with E-state index in [-0.39, 0.29) is 42.3 Å². The number of carbonyl (C=O) groups is 6. The first-order chi connectivity index (χ1) is 22.1. The zero-order chi connectivity index (χ0) is 36.8. The molecule has 1 aromatic rings. The fraction of sp³-hybridized carbons (Fsp3) is 0.389. The molecule has 0 aliphatic carbocycles. The van der Waals surface area contributed by atoms with E-state index in [1.165, 1.54) is 38.3 Å². The number of aliphatic carboxylic acids is 3. The van der Waals surface area contributed by atoms with E-state index in [2.05, 4.69) is 33.2 Å². The fourth-order valence-corrected chi connectivity index (χ4v) is 2.97. The predicted molar refractivity (Wildman–Crippen MR) is 181 cm³/mol. The number of hydrogen-bond donors (Lipinski definition) is 3. The van der Waals surface area contributed by atoms with Gasteiger partial charge in [0.25, 0.3) is 0 Å². The molecule has 3 N–H and O–H groups in total. The number of hydrogen-bond acceptors (Lipinski definition) is 8. The molecule has 1 atom stereocenters. The van der Waals surface area contributed by atoms with E-state index >= 15 is 0 Å². The van der Waals surface area contributed by atoms with E-state index in [0.717, 1.165) is 18.9 Å². The van der Waals surface area contributed by atoms with Crippen molar-refractivity contribution in [3.05, 3.63) is 91.1 Å². The van der Waals surface area contributed by atoms with E-state index in [1.54, 1.807) is 0 Å². The largest absolute Gasteiger partial charge is 0.478 e. The topological polar surface area (TPSA) is 182 Å². The van der Waals surface area contributed by atoms with Crippen LogP contribution in [-0.4, -0.2) is 64.2 Å². The molecule has 260 valence electrons. The van der Waals surface area contributed by atoms with Gasteiger partial charge in [-0.25, -0.2) is 19.2 Å². The van der Waals surface area contributed by atoms with Gasteiger partial charge in [-0.2, -0.15) is 0 Å². The number of rotatable bonds is 18. The highest BCUT2D eigenvalue weighted by atomic mass is 16.5. The lowest BCUT2D eigenvalue weighted by Gasteiger charge is -2.13. The molecule has 0 fully saturated rings. The summed E-state index contributed by atoms with van der Waals surface area (Å²) in [4.78, 5) is 63.9. The highest BCUT2D eigenvalue weighted by Crippen LogP contribution is 2.18. The molecule has 47 heavy (non-hydrogen) atoms. The lowest BCUT2D eigenvalue weighted by molar-refractivity contribution is -0.146. The zero-order valence-corrected chi connectivity index (χ0v) is 28.0. The molecular formula is C36H50O11. The summed E-state index contributed by atoms with van der Waals surface area (Å²) in [5.41, 5.74) is 1.51. The number of ether oxygens (including phenoxy) is 2. The molecule has 1 rings (SSSR count). The molecule has 0 aliphatic rings. The van der Waals surface area contributed by atoms with Gasteiger partial charge >= 0.3 is 29.8 Å². The molecule has 0 aliphatic heterocycles. The SMILES string of the molecule is C=C(C(=O)O)C(C=C(C)C(=O)O)CCOC(=O)CC(C)=O.C=C(CC)C(=O)OCCCCCC.C=CC(=O)O.C=Cc1ccccc1. The second-order valence-corrected chi connectivity index (χ2v) is 9.79. The zero-order valence-electron chi connectivity index (χ0n) is 28.0. The van der Waals surface area contributed by atoms with Crippen molar-refractivity contribution in [1.82, 2.24) is 0 Å². The van der Waals surface area contributed by atoms with Gasteiger partial charge in [0.2, 0.25) is 0 Å². The van der Waals surface area contributed by atoms with Crippen LogP contribution < -0.4 is 0 Å². The smallest absolute Gasteiger partial charge is 0.333 e. The maximum Gasteiger partial charge on any atom is 0.333 e. The van der Waals surface area contributed by atoms with Crippen molar-refractivity contribution in [3.63, 3.8) is 0 Å². The number of allylic oxidation sites excluding steroid dienone is 1. The minimum atomic E-state index is -1.26. The van der Waals surface area contributed by atoms with Gasteiger partial charge in [0, 0.05) is 28.7 Å². The summed E-state index contributed by atoms with van der Waals surface area (Å²) in [6.07, 6.45) is 8.83. The molecule has 0 heterocycles. The van der Waals surface area contributed by atoms with Gasteiger partial charge in [-0.05, 0) is 38.7 Å². The van der Waals surface area contributed by atoms with Crippen molar-refractivity contribution in [2.75, 3.05) is 13.2 Å². The number of carboxylic acids is 3. The highest BCUT2D eigenvalue weighted by Gasteiger charge is 2.19. The standard InChI is InChI=1S/C14H18O7.C11H20O2.C8H8.C3H4O2/c1-8(13(17)18)6-11(10(3)14(19)20)4-5-21-12(16)7-9(2)15;1-4-6-7-8-9-13-11(12)10(3)5-2;1-2-8-6-4-3-5-7-8;1-2-3(4)5/h6,11H,3-5,7H2,1-2H3,(H,17,18)(H,19,20);3-9H2,1-2H3;2-7H,1H2;2H,1H2,(H,4,5). The lowest BCUT2D eigenvalue weighted by atomic mass is 9.95. The van der Waals surface area contributed by atoms with Gasteiger partial charge < -0.3 is 24.8 Å². The molecule has 0 aromatic heterocycles. The summed E-state index contributed by atoms with van der Waals surface area (Å²) >= 11 is 0. The van der Waals surface area contributed by atoms with Gasteiger partial charge in [-0.3, -0.25) is 9.59 Å². The molecule has 0 radical (unpaired) electrons. The van der Waals surface area contributed by atoms with Gasteiger partial charge in [0.1, 0.15) is 12.2 Å². The van der Waals surface area contributed by atoms with Crippen LogP contribution in [0.3, 0.4) is 0 Å². The Morgan fingerprint density at radius 2 is 1.40 bits per heavy atom. The van der Waals surface area contributed by atoms with Crippen LogP contribution in [-0.2, 0) is 38.2 Å². The van der Waals surface area contributed by atoms with Crippen LogP contribution in [0, 0.1) is 5.92 Å². The maximum absolute atomic E-state index is 11.2. The van der Waals surface area contributed by atoms with Gasteiger partial charge in [-0.1, -0.05) is 102 Å². The normalized spacial score (nSPS) is 10.3. The average molecular weight is 659 g/mol. The number of carbonyl (C=O) groups excluding carboxylic acids is 3. The molecule has 0 saturated heterocycles. The number of carboxylic acid groups (broad SMARTS) is 3. The van der Waals surface area contributed by atoms with Gasteiger partial charge in [-0.15, -0.1) is 0 Å². The molecular weight excluding hydrogens is 608 g/mol. The third kappa shape index (κ3) is 29.4. The molecule has 11 heteroatoms. The third-order valence-corrected chi connectivity index (χ3v) is 5.75. The summed E-state index contributed by atoms with van der Waals surface area (Å²) < 4.78 is 9.79. The Hall–Kier alpha value is -5.06. The molecule has 1 unspecified atom stereocenters. The quantitative estimate of drug-likeness (QED) is 0.0649. The Morgan fingerprint density at radius 3 is 1.81 bits per heavy atom. The van der Waals surface area contributed by atoms with E-state index in [9.17, 15) is 28.8 Å². The van der Waals surface area contributed by atoms with Crippen LogP contribution in [0.2, 0.25) is 0 Å². The first kappa shape index (κ1) is 46.4. The maximum atomic E-state index is 11.2. The summed E-state index contributed by atoms with van der Waals surface area (Å²) in [7, 11) is 0. The second kappa shape index (κ2) is 29.6. The van der Waals surface area contributed by atoms with Crippen LogP contribution in [0.15, 0.2) is 85.5 Å². The van der Waals surface area contributed by atoms with E-state index in [1.807, 2.05) is 43.3 Å². The van der Waals surface area contributed by atoms with Gasteiger partial charge in [0.15, 0.2) is 0 Å². The van der Waals surface area contributed by atoms with E-state index in [4.69, 9.17) is 24.8 Å². The number of ketones is 1. The van der Waals surface area contributed by atoms with Crippen LogP contribution in [0.5, 0.6) is 0 Å². The van der Waals surface area contributed by atoms with Crippen molar-refractivity contribution in [3.8, 4) is 0 Å². The number of unbranched alkanes of at least 4 members (excludes halogenated alkanes) is 3. The van der Waals surface area contributed by atoms with Crippen molar-refractivity contribution in [2.24, 2.45) is 5.92 Å². The number of Topliss-reactive ketones (excluding diaryl/α,β-unsaturated/α-hetero) is 1. The average Bonchev–Trinajstić information content (AvgIpc) is 3.03. The van der Waals surface area contributed by atoms with Gasteiger partial charge in [0.05, 0.1) is 13.2 Å². The van der Waals surface area contributed by atoms with Crippen molar-refractivity contribution >= 4 is 41.7 Å². The lowest BCUT2D eigenvalue weighted by Crippen LogP contribution is -2.16. The summed E-state index contributed by atoms with van der Waals surface area (Å²) in [6.45, 7) is 20.6.